The third kappa shape index (κ3) is 5.12. The van der Waals surface area contributed by atoms with Crippen LogP contribution in [0.2, 0.25) is 0 Å². The minimum Gasteiger partial charge on any atom is -0.383 e. The molecule has 3 nitrogen and oxygen atoms in total. The standard InChI is InChI=1S/C12H25F3N2O/c1-5-10(6-2)17(7-8-18-4)11(9(3)16)12(13,14)15/h9-11H,5-8,16H2,1-4H3. The molecule has 0 aromatic rings. The maximum Gasteiger partial charge on any atom is 0.405 e. The van der Waals surface area contributed by atoms with Crippen LogP contribution in [-0.2, 0) is 4.74 Å². The normalized spacial score (nSPS) is 16.3. The molecule has 0 aliphatic carbocycles. The molecule has 0 heterocycles. The summed E-state index contributed by atoms with van der Waals surface area (Å²) in [5, 5.41) is 0. The molecule has 0 aliphatic heterocycles. The lowest BCUT2D eigenvalue weighted by Crippen LogP contribution is -2.58. The third-order valence-electron chi connectivity index (χ3n) is 3.16. The van der Waals surface area contributed by atoms with E-state index in [1.807, 2.05) is 13.8 Å². The number of nitrogens with two attached hydrogens (primary N) is 1. The summed E-state index contributed by atoms with van der Waals surface area (Å²) in [5.74, 6) is 0. The number of hydrogen-bond donors (Lipinski definition) is 1. The van der Waals surface area contributed by atoms with Gasteiger partial charge in [0, 0.05) is 25.7 Å². The highest BCUT2D eigenvalue weighted by Gasteiger charge is 2.47. The van der Waals surface area contributed by atoms with Crippen molar-refractivity contribution in [1.82, 2.24) is 4.90 Å². The highest BCUT2D eigenvalue weighted by atomic mass is 19.4. The van der Waals surface area contributed by atoms with E-state index in [1.54, 1.807) is 0 Å². The monoisotopic (exact) mass is 270 g/mol. The van der Waals surface area contributed by atoms with E-state index in [-0.39, 0.29) is 19.2 Å². The zero-order valence-corrected chi connectivity index (χ0v) is 11.6. The van der Waals surface area contributed by atoms with Crippen molar-refractivity contribution in [2.45, 2.75) is 57.9 Å². The summed E-state index contributed by atoms with van der Waals surface area (Å²) in [7, 11) is 1.49. The van der Waals surface area contributed by atoms with Crippen molar-refractivity contribution in [3.8, 4) is 0 Å². The van der Waals surface area contributed by atoms with Crippen LogP contribution >= 0.6 is 0 Å². The summed E-state index contributed by atoms with van der Waals surface area (Å²) in [6.45, 7) is 5.70. The first-order valence-electron chi connectivity index (χ1n) is 6.36. The fourth-order valence-corrected chi connectivity index (χ4v) is 2.29. The Kier molecular flexibility index (Phi) is 7.82. The quantitative estimate of drug-likeness (QED) is 0.736. The van der Waals surface area contributed by atoms with Crippen LogP contribution in [0.25, 0.3) is 0 Å². The number of halogens is 3. The highest BCUT2D eigenvalue weighted by molar-refractivity contribution is 4.89. The second kappa shape index (κ2) is 7.96. The Morgan fingerprint density at radius 3 is 2.00 bits per heavy atom. The Morgan fingerprint density at radius 2 is 1.72 bits per heavy atom. The predicted octanol–water partition coefficient (Wildman–Crippen LogP) is 2.40. The fraction of sp³-hybridized carbons (Fsp3) is 1.00. The van der Waals surface area contributed by atoms with Gasteiger partial charge in [0.25, 0.3) is 0 Å². The molecule has 0 saturated carbocycles. The van der Waals surface area contributed by atoms with Crippen molar-refractivity contribution in [1.29, 1.82) is 0 Å². The molecule has 0 aromatic heterocycles. The van der Waals surface area contributed by atoms with Gasteiger partial charge >= 0.3 is 6.18 Å². The van der Waals surface area contributed by atoms with Crippen molar-refractivity contribution in [3.05, 3.63) is 0 Å². The van der Waals surface area contributed by atoms with Gasteiger partial charge in [0.05, 0.1) is 6.61 Å². The molecule has 0 fully saturated rings. The molecule has 2 atom stereocenters. The van der Waals surface area contributed by atoms with Gasteiger partial charge in [0.15, 0.2) is 0 Å². The van der Waals surface area contributed by atoms with E-state index >= 15 is 0 Å². The van der Waals surface area contributed by atoms with Gasteiger partial charge in [-0.15, -0.1) is 0 Å². The van der Waals surface area contributed by atoms with Crippen LogP contribution in [0.1, 0.15) is 33.6 Å². The first-order chi connectivity index (χ1) is 8.29. The average Bonchev–Trinajstić information content (AvgIpc) is 2.24. The number of alkyl halides is 3. The van der Waals surface area contributed by atoms with Crippen molar-refractivity contribution in [2.24, 2.45) is 5.73 Å². The average molecular weight is 270 g/mol. The molecular formula is C12H25F3N2O. The molecule has 110 valence electrons. The first kappa shape index (κ1) is 17.7. The molecule has 6 heteroatoms. The van der Waals surface area contributed by atoms with Gasteiger partial charge in [-0.1, -0.05) is 13.8 Å². The predicted molar refractivity (Wildman–Crippen MR) is 66.4 cm³/mol. The largest absolute Gasteiger partial charge is 0.405 e. The Bertz CT molecular complexity index is 218. The van der Waals surface area contributed by atoms with Gasteiger partial charge in [-0.2, -0.15) is 13.2 Å². The van der Waals surface area contributed by atoms with Gasteiger partial charge < -0.3 is 10.5 Å². The molecule has 0 rings (SSSR count). The molecule has 0 bridgehead atoms. The van der Waals surface area contributed by atoms with Crippen molar-refractivity contribution in [2.75, 3.05) is 20.3 Å². The van der Waals surface area contributed by atoms with Crippen LogP contribution in [-0.4, -0.2) is 49.5 Å². The van der Waals surface area contributed by atoms with Crippen LogP contribution in [0.5, 0.6) is 0 Å². The molecule has 18 heavy (non-hydrogen) atoms. The molecule has 0 amide bonds. The van der Waals surface area contributed by atoms with Crippen molar-refractivity contribution >= 4 is 0 Å². The van der Waals surface area contributed by atoms with Gasteiger partial charge in [-0.3, -0.25) is 4.90 Å². The smallest absolute Gasteiger partial charge is 0.383 e. The minimum absolute atomic E-state index is 0.127. The number of nitrogens with zero attached hydrogens (tertiary/aromatic N) is 1. The Morgan fingerprint density at radius 1 is 1.22 bits per heavy atom. The molecule has 0 aromatic carbocycles. The Labute approximate surface area is 107 Å². The number of ether oxygens (including phenoxy) is 1. The Hall–Kier alpha value is -0.330. The highest BCUT2D eigenvalue weighted by Crippen LogP contribution is 2.29. The van der Waals surface area contributed by atoms with E-state index in [0.29, 0.717) is 12.8 Å². The van der Waals surface area contributed by atoms with E-state index in [2.05, 4.69) is 0 Å². The lowest BCUT2D eigenvalue weighted by atomic mass is 10.0. The second-order valence-corrected chi connectivity index (χ2v) is 4.55. The van der Waals surface area contributed by atoms with Crippen molar-refractivity contribution < 1.29 is 17.9 Å². The van der Waals surface area contributed by atoms with Gasteiger partial charge in [-0.25, -0.2) is 0 Å². The zero-order chi connectivity index (χ0) is 14.3. The Balaban J connectivity index is 5.09. The van der Waals surface area contributed by atoms with Crippen LogP contribution in [0.4, 0.5) is 13.2 Å². The van der Waals surface area contributed by atoms with E-state index in [4.69, 9.17) is 10.5 Å². The van der Waals surface area contributed by atoms with E-state index in [9.17, 15) is 13.2 Å². The van der Waals surface area contributed by atoms with Crippen LogP contribution < -0.4 is 5.73 Å². The SMILES string of the molecule is CCC(CC)N(CCOC)C(C(C)N)C(F)(F)F. The molecular weight excluding hydrogens is 245 g/mol. The summed E-state index contributed by atoms with van der Waals surface area (Å²) < 4.78 is 44.3. The van der Waals surface area contributed by atoms with Gasteiger partial charge in [0.2, 0.25) is 0 Å². The summed E-state index contributed by atoms with van der Waals surface area (Å²) >= 11 is 0. The number of rotatable bonds is 8. The van der Waals surface area contributed by atoms with Gasteiger partial charge in [0.1, 0.15) is 6.04 Å². The third-order valence-corrected chi connectivity index (χ3v) is 3.16. The molecule has 2 N–H and O–H groups in total. The summed E-state index contributed by atoms with van der Waals surface area (Å²) in [4.78, 5) is 1.44. The topological polar surface area (TPSA) is 38.5 Å². The fourth-order valence-electron chi connectivity index (χ4n) is 2.29. The summed E-state index contributed by atoms with van der Waals surface area (Å²) in [6.07, 6.45) is -2.98. The molecule has 0 radical (unpaired) electrons. The van der Waals surface area contributed by atoms with E-state index < -0.39 is 18.3 Å². The molecule has 0 saturated heterocycles. The maximum absolute atomic E-state index is 13.1. The van der Waals surface area contributed by atoms with Crippen LogP contribution in [0, 0.1) is 0 Å². The summed E-state index contributed by atoms with van der Waals surface area (Å²) in [6, 6.07) is -2.70. The first-order valence-corrected chi connectivity index (χ1v) is 6.36. The molecule has 0 aliphatic rings. The second-order valence-electron chi connectivity index (χ2n) is 4.55. The number of methoxy groups -OCH3 is 1. The molecule has 2 unspecified atom stereocenters. The van der Waals surface area contributed by atoms with Crippen LogP contribution in [0.15, 0.2) is 0 Å². The minimum atomic E-state index is -4.31. The molecule has 0 spiro atoms. The lowest BCUT2D eigenvalue weighted by molar-refractivity contribution is -0.196. The zero-order valence-electron chi connectivity index (χ0n) is 11.6. The van der Waals surface area contributed by atoms with E-state index in [0.717, 1.165) is 0 Å². The van der Waals surface area contributed by atoms with Crippen molar-refractivity contribution in [3.63, 3.8) is 0 Å². The van der Waals surface area contributed by atoms with Crippen LogP contribution in [0.3, 0.4) is 0 Å². The lowest BCUT2D eigenvalue weighted by Gasteiger charge is -2.40. The summed E-state index contributed by atoms with van der Waals surface area (Å²) in [5.41, 5.74) is 5.54. The maximum atomic E-state index is 13.1. The van der Waals surface area contributed by atoms with Gasteiger partial charge in [-0.05, 0) is 19.8 Å². The van der Waals surface area contributed by atoms with E-state index in [1.165, 1.54) is 18.9 Å². The number of hydrogen-bond acceptors (Lipinski definition) is 3.